The van der Waals surface area contributed by atoms with E-state index >= 15 is 0 Å². The molecule has 5 nitrogen and oxygen atoms in total. The molecule has 0 amide bonds. The van der Waals surface area contributed by atoms with Crippen LogP contribution in [0, 0.1) is 0 Å². The molecule has 0 saturated carbocycles. The number of benzene rings is 10. The smallest absolute Gasteiger partial charge is 0.164 e. The van der Waals surface area contributed by atoms with Crippen molar-refractivity contribution in [3.63, 3.8) is 0 Å². The van der Waals surface area contributed by atoms with E-state index in [2.05, 4.69) is 231 Å². The third-order valence-electron chi connectivity index (χ3n) is 12.5. The van der Waals surface area contributed by atoms with E-state index in [1.807, 2.05) is 18.2 Å². The first-order chi connectivity index (χ1) is 33.7. The molecule has 5 heteroatoms. The summed E-state index contributed by atoms with van der Waals surface area (Å²) < 4.78 is 0. The van der Waals surface area contributed by atoms with Gasteiger partial charge in [-0.3, -0.25) is 0 Å². The van der Waals surface area contributed by atoms with Crippen molar-refractivity contribution in [3.05, 3.63) is 249 Å². The van der Waals surface area contributed by atoms with Crippen molar-refractivity contribution in [3.8, 4) is 101 Å². The molecule has 2 aromatic heterocycles. The number of aromatic nitrogens is 5. The molecule has 10 aromatic carbocycles. The molecule has 0 N–H and O–H groups in total. The summed E-state index contributed by atoms with van der Waals surface area (Å²) >= 11 is 0. The van der Waals surface area contributed by atoms with Gasteiger partial charge in [-0.1, -0.05) is 212 Å². The van der Waals surface area contributed by atoms with E-state index in [-0.39, 0.29) is 0 Å². The Morgan fingerprint density at radius 3 is 1.10 bits per heavy atom. The van der Waals surface area contributed by atoms with Crippen LogP contribution >= 0.6 is 0 Å². The first kappa shape index (κ1) is 40.3. The van der Waals surface area contributed by atoms with Gasteiger partial charge in [0.25, 0.3) is 0 Å². The third-order valence-corrected chi connectivity index (χ3v) is 12.5. The van der Waals surface area contributed by atoms with E-state index in [0.29, 0.717) is 23.3 Å². The van der Waals surface area contributed by atoms with Gasteiger partial charge in [-0.25, -0.2) is 24.9 Å². The Labute approximate surface area is 394 Å². The van der Waals surface area contributed by atoms with Crippen LogP contribution in [0.3, 0.4) is 0 Å². The number of hydrogen-bond acceptors (Lipinski definition) is 5. The van der Waals surface area contributed by atoms with E-state index in [1.165, 1.54) is 0 Å². The summed E-state index contributed by atoms with van der Waals surface area (Å²) in [5.41, 5.74) is 14.0. The highest BCUT2D eigenvalue weighted by Gasteiger charge is 2.18. The third kappa shape index (κ3) is 7.99. The number of hydrogen-bond donors (Lipinski definition) is 0. The molecule has 12 rings (SSSR count). The average Bonchev–Trinajstić information content (AvgIpc) is 3.43. The standard InChI is InChI=1S/C63H41N5/c1-4-18-42(19-5-1)51-38-52(43-20-6-2-7-21-43)40-53(39-51)59-41-58(64-60(65-59)46-24-8-3-9-25-46)49-30-14-28-47(36-49)48-29-15-31-50(37-48)61-66-62(56-34-16-26-44-22-10-12-32-54(44)56)68-63(67-61)57-35-17-27-45-23-11-13-33-55(45)57/h1-41H. The molecule has 0 saturated heterocycles. The largest absolute Gasteiger partial charge is 0.228 e. The summed E-state index contributed by atoms with van der Waals surface area (Å²) in [6.45, 7) is 0. The van der Waals surface area contributed by atoms with Gasteiger partial charge in [0, 0.05) is 33.4 Å². The fraction of sp³-hybridized carbons (Fsp3) is 0. The predicted molar refractivity (Wildman–Crippen MR) is 279 cm³/mol. The van der Waals surface area contributed by atoms with Crippen molar-refractivity contribution in [1.82, 2.24) is 24.9 Å². The summed E-state index contributed by atoms with van der Waals surface area (Å²) in [7, 11) is 0. The summed E-state index contributed by atoms with van der Waals surface area (Å²) in [5.74, 6) is 2.52. The van der Waals surface area contributed by atoms with Crippen molar-refractivity contribution in [1.29, 1.82) is 0 Å². The SMILES string of the molecule is c1ccc(-c2cc(-c3ccccc3)cc(-c3cc(-c4cccc(-c5cccc(-c6nc(-c7cccc8ccccc78)nc(-c7cccc8ccccc78)n6)c5)c4)nc(-c4ccccc4)n3)c2)cc1. The van der Waals surface area contributed by atoms with Gasteiger partial charge in [0.05, 0.1) is 11.4 Å². The molecular weight excluding hydrogens is 827 g/mol. The van der Waals surface area contributed by atoms with E-state index in [0.717, 1.165) is 99.7 Å². The molecule has 68 heavy (non-hydrogen) atoms. The minimum atomic E-state index is 0.601. The maximum Gasteiger partial charge on any atom is 0.164 e. The fourth-order valence-corrected chi connectivity index (χ4v) is 9.11. The maximum atomic E-state index is 5.26. The van der Waals surface area contributed by atoms with Crippen molar-refractivity contribution in [2.24, 2.45) is 0 Å². The van der Waals surface area contributed by atoms with E-state index in [4.69, 9.17) is 24.9 Å². The Morgan fingerprint density at radius 1 is 0.191 bits per heavy atom. The molecule has 0 spiro atoms. The Bertz CT molecular complexity index is 3630. The van der Waals surface area contributed by atoms with Gasteiger partial charge in [0.15, 0.2) is 23.3 Å². The number of rotatable bonds is 9. The van der Waals surface area contributed by atoms with Crippen molar-refractivity contribution >= 4 is 21.5 Å². The molecule has 0 aliphatic heterocycles. The van der Waals surface area contributed by atoms with Crippen LogP contribution in [0.25, 0.3) is 123 Å². The predicted octanol–water partition coefficient (Wildman–Crippen LogP) is 16.0. The second-order valence-corrected chi connectivity index (χ2v) is 16.9. The zero-order valence-corrected chi connectivity index (χ0v) is 36.9. The highest BCUT2D eigenvalue weighted by Crippen LogP contribution is 2.37. The second-order valence-electron chi connectivity index (χ2n) is 16.9. The quantitative estimate of drug-likeness (QED) is 0.145. The second kappa shape index (κ2) is 17.7. The van der Waals surface area contributed by atoms with Gasteiger partial charge < -0.3 is 0 Å². The molecule has 12 aromatic rings. The van der Waals surface area contributed by atoms with Crippen LogP contribution in [-0.4, -0.2) is 24.9 Å². The van der Waals surface area contributed by atoms with Gasteiger partial charge in [-0.2, -0.15) is 0 Å². The Balaban J connectivity index is 0.979. The lowest BCUT2D eigenvalue weighted by Gasteiger charge is -2.14. The maximum absolute atomic E-state index is 5.26. The van der Waals surface area contributed by atoms with Crippen LogP contribution in [0.1, 0.15) is 0 Å². The van der Waals surface area contributed by atoms with Crippen molar-refractivity contribution in [2.45, 2.75) is 0 Å². The van der Waals surface area contributed by atoms with Gasteiger partial charge in [-0.05, 0) is 91.3 Å². The highest BCUT2D eigenvalue weighted by atomic mass is 15.0. The van der Waals surface area contributed by atoms with Crippen LogP contribution in [0.5, 0.6) is 0 Å². The summed E-state index contributed by atoms with van der Waals surface area (Å²) in [6.07, 6.45) is 0. The zero-order chi connectivity index (χ0) is 45.2. The Hall–Kier alpha value is -9.19. The van der Waals surface area contributed by atoms with E-state index in [1.54, 1.807) is 0 Å². The van der Waals surface area contributed by atoms with Crippen LogP contribution in [0.4, 0.5) is 0 Å². The Morgan fingerprint density at radius 2 is 0.544 bits per heavy atom. The zero-order valence-electron chi connectivity index (χ0n) is 36.9. The Kier molecular flexibility index (Phi) is 10.5. The van der Waals surface area contributed by atoms with Gasteiger partial charge >= 0.3 is 0 Å². The number of fused-ring (bicyclic) bond motifs is 2. The van der Waals surface area contributed by atoms with Crippen molar-refractivity contribution < 1.29 is 0 Å². The van der Waals surface area contributed by atoms with E-state index in [9.17, 15) is 0 Å². The van der Waals surface area contributed by atoms with Gasteiger partial charge in [0.2, 0.25) is 0 Å². The van der Waals surface area contributed by atoms with E-state index < -0.39 is 0 Å². The summed E-state index contributed by atoms with van der Waals surface area (Å²) in [6, 6.07) is 86.6. The summed E-state index contributed by atoms with van der Waals surface area (Å²) in [5, 5.41) is 4.44. The molecule has 2 heterocycles. The minimum Gasteiger partial charge on any atom is -0.228 e. The topological polar surface area (TPSA) is 64.5 Å². The molecule has 0 fully saturated rings. The lowest BCUT2D eigenvalue weighted by molar-refractivity contribution is 1.08. The molecule has 0 aliphatic carbocycles. The normalized spacial score (nSPS) is 11.2. The lowest BCUT2D eigenvalue weighted by atomic mass is 9.94. The van der Waals surface area contributed by atoms with Crippen LogP contribution < -0.4 is 0 Å². The van der Waals surface area contributed by atoms with Crippen LogP contribution in [-0.2, 0) is 0 Å². The monoisotopic (exact) mass is 867 g/mol. The molecule has 0 atom stereocenters. The fourth-order valence-electron chi connectivity index (χ4n) is 9.11. The van der Waals surface area contributed by atoms with Gasteiger partial charge in [0.1, 0.15) is 0 Å². The lowest BCUT2D eigenvalue weighted by Crippen LogP contribution is -2.01. The molecule has 0 bridgehead atoms. The minimum absolute atomic E-state index is 0.601. The van der Waals surface area contributed by atoms with Crippen LogP contribution in [0.15, 0.2) is 249 Å². The molecular formula is C63H41N5. The molecule has 0 radical (unpaired) electrons. The number of nitrogens with zero attached hydrogens (tertiary/aromatic N) is 5. The first-order valence-corrected chi connectivity index (χ1v) is 22.8. The van der Waals surface area contributed by atoms with Gasteiger partial charge in [-0.15, -0.1) is 0 Å². The molecule has 0 aliphatic rings. The average molecular weight is 868 g/mol. The first-order valence-electron chi connectivity index (χ1n) is 22.8. The van der Waals surface area contributed by atoms with Crippen molar-refractivity contribution in [2.75, 3.05) is 0 Å². The highest BCUT2D eigenvalue weighted by molar-refractivity contribution is 5.97. The summed E-state index contributed by atoms with van der Waals surface area (Å²) in [4.78, 5) is 26.1. The molecule has 0 unspecified atom stereocenters. The van der Waals surface area contributed by atoms with Crippen LogP contribution in [0.2, 0.25) is 0 Å². The molecule has 318 valence electrons.